The summed E-state index contributed by atoms with van der Waals surface area (Å²) < 4.78 is 44.2. The van der Waals surface area contributed by atoms with Crippen LogP contribution in [-0.2, 0) is 15.8 Å². The van der Waals surface area contributed by atoms with Crippen LogP contribution < -0.4 is 15.0 Å². The van der Waals surface area contributed by atoms with Crippen LogP contribution in [0.5, 0.6) is 11.5 Å². The van der Waals surface area contributed by atoms with Gasteiger partial charge in [-0.15, -0.1) is 0 Å². The van der Waals surface area contributed by atoms with Gasteiger partial charge in [-0.1, -0.05) is 18.2 Å². The van der Waals surface area contributed by atoms with Gasteiger partial charge in [-0.2, -0.15) is 13.2 Å². The summed E-state index contributed by atoms with van der Waals surface area (Å²) in [6.07, 6.45) is -3.51. The van der Waals surface area contributed by atoms with E-state index in [0.29, 0.717) is 23.4 Å². The van der Waals surface area contributed by atoms with Gasteiger partial charge in [0.2, 0.25) is 5.75 Å². The smallest absolute Gasteiger partial charge is 0.416 e. The Balaban J connectivity index is 1.60. The predicted octanol–water partition coefficient (Wildman–Crippen LogP) is 5.69. The minimum atomic E-state index is -4.76. The first kappa shape index (κ1) is 26.1. The quantitative estimate of drug-likeness (QED) is 0.198. The van der Waals surface area contributed by atoms with Crippen molar-refractivity contribution in [1.82, 2.24) is 5.32 Å². The molecule has 0 bridgehead atoms. The van der Waals surface area contributed by atoms with Crippen LogP contribution >= 0.6 is 0 Å². The highest BCUT2D eigenvalue weighted by Gasteiger charge is 2.37. The molecule has 0 aromatic heterocycles. The Kier molecular flexibility index (Phi) is 6.73. The van der Waals surface area contributed by atoms with E-state index in [1.54, 1.807) is 26.0 Å². The van der Waals surface area contributed by atoms with Crippen molar-refractivity contribution in [2.75, 3.05) is 4.90 Å². The lowest BCUT2D eigenvalue weighted by atomic mass is 10.1. The Hall–Kier alpha value is -5.00. The number of aryl methyl sites for hydroxylation is 2. The minimum Gasteiger partial charge on any atom is -0.450 e. The number of carbonyl (C=O) groups excluding carboxylic acids is 3. The van der Waals surface area contributed by atoms with E-state index in [1.165, 1.54) is 30.3 Å². The number of nitro benzene ring substituents is 1. The number of barbiturate groups is 1. The van der Waals surface area contributed by atoms with E-state index >= 15 is 0 Å². The Morgan fingerprint density at radius 1 is 0.947 bits per heavy atom. The first-order valence-corrected chi connectivity index (χ1v) is 11.0. The van der Waals surface area contributed by atoms with E-state index in [9.17, 15) is 37.7 Å². The van der Waals surface area contributed by atoms with Gasteiger partial charge in [0, 0.05) is 6.07 Å². The van der Waals surface area contributed by atoms with Gasteiger partial charge in [0.05, 0.1) is 16.2 Å². The Morgan fingerprint density at radius 2 is 1.58 bits per heavy atom. The minimum absolute atomic E-state index is 0.0569. The summed E-state index contributed by atoms with van der Waals surface area (Å²) in [5.74, 6) is -2.06. The lowest BCUT2D eigenvalue weighted by Crippen LogP contribution is -2.54. The maximum atomic E-state index is 13.1. The van der Waals surface area contributed by atoms with Crippen molar-refractivity contribution in [3.63, 3.8) is 0 Å². The fourth-order valence-electron chi connectivity index (χ4n) is 3.82. The van der Waals surface area contributed by atoms with Crippen LogP contribution in [-0.4, -0.2) is 22.8 Å². The van der Waals surface area contributed by atoms with Crippen molar-refractivity contribution >= 4 is 35.3 Å². The molecule has 1 N–H and O–H groups in total. The number of nitrogens with zero attached hydrogens (tertiary/aromatic N) is 2. The largest absolute Gasteiger partial charge is 0.450 e. The highest BCUT2D eigenvalue weighted by molar-refractivity contribution is 6.39. The molecule has 1 fully saturated rings. The summed E-state index contributed by atoms with van der Waals surface area (Å²) in [6.45, 7) is 3.60. The van der Waals surface area contributed by atoms with Gasteiger partial charge >= 0.3 is 17.9 Å². The van der Waals surface area contributed by atoms with E-state index in [-0.39, 0.29) is 11.3 Å². The van der Waals surface area contributed by atoms with Gasteiger partial charge in [0.25, 0.3) is 11.8 Å². The first-order valence-electron chi connectivity index (χ1n) is 11.0. The van der Waals surface area contributed by atoms with Gasteiger partial charge < -0.3 is 4.74 Å². The normalized spacial score (nSPS) is 15.0. The van der Waals surface area contributed by atoms with E-state index in [2.05, 4.69) is 5.32 Å². The monoisotopic (exact) mass is 525 g/mol. The molecule has 1 saturated heterocycles. The van der Waals surface area contributed by atoms with Crippen LogP contribution in [0, 0.1) is 24.0 Å². The van der Waals surface area contributed by atoms with Crippen molar-refractivity contribution < 1.29 is 37.2 Å². The first-order chi connectivity index (χ1) is 17.8. The topological polar surface area (TPSA) is 119 Å². The third-order valence-corrected chi connectivity index (χ3v) is 5.47. The lowest BCUT2D eigenvalue weighted by Gasteiger charge is -2.27. The maximum Gasteiger partial charge on any atom is 0.416 e. The Morgan fingerprint density at radius 3 is 2.16 bits per heavy atom. The number of alkyl halides is 3. The van der Waals surface area contributed by atoms with E-state index < -0.39 is 45.9 Å². The summed E-state index contributed by atoms with van der Waals surface area (Å²) in [5, 5.41) is 13.4. The molecule has 0 saturated carbocycles. The number of anilines is 1. The molecule has 0 aliphatic carbocycles. The second kappa shape index (κ2) is 9.81. The van der Waals surface area contributed by atoms with Crippen molar-refractivity contribution in [3.05, 3.63) is 98.6 Å². The van der Waals surface area contributed by atoms with Gasteiger partial charge in [-0.3, -0.25) is 25.0 Å². The lowest BCUT2D eigenvalue weighted by molar-refractivity contribution is -0.385. The van der Waals surface area contributed by atoms with Crippen molar-refractivity contribution in [2.45, 2.75) is 20.0 Å². The molecular weight excluding hydrogens is 507 g/mol. The van der Waals surface area contributed by atoms with Crippen LogP contribution in [0.1, 0.15) is 22.3 Å². The molecule has 1 heterocycles. The molecule has 194 valence electrons. The van der Waals surface area contributed by atoms with E-state index in [4.69, 9.17) is 4.74 Å². The number of halogens is 3. The molecule has 3 aromatic carbocycles. The van der Waals surface area contributed by atoms with Crippen LogP contribution in [0.15, 0.2) is 66.2 Å². The maximum absolute atomic E-state index is 13.1. The summed E-state index contributed by atoms with van der Waals surface area (Å²) in [6, 6.07) is 11.7. The zero-order valence-electron chi connectivity index (χ0n) is 19.8. The number of nitrogens with one attached hydrogen (secondary N) is 1. The molecule has 1 aliphatic rings. The second-order valence-electron chi connectivity index (χ2n) is 8.41. The highest BCUT2D eigenvalue weighted by Crippen LogP contribution is 2.38. The standard InChI is InChI=1S/C26H18F3N3O6/c1-14-9-15(2)11-18(10-14)31-24(34)20(23(33)30-25(31)35)12-16-3-6-19(7-4-16)38-22-8-5-17(26(27,28)29)13-21(22)32(36)37/h3-13H,1-2H3,(H,30,33,35)/b20-12+. The Labute approximate surface area is 213 Å². The van der Waals surface area contributed by atoms with Gasteiger partial charge in [0.1, 0.15) is 11.3 Å². The molecule has 0 atom stereocenters. The van der Waals surface area contributed by atoms with Gasteiger partial charge in [-0.25, -0.2) is 9.69 Å². The molecule has 0 spiro atoms. The SMILES string of the molecule is Cc1cc(C)cc(N2C(=O)NC(=O)/C(=C\c3ccc(Oc4ccc(C(F)(F)F)cc4[N+](=O)[O-])cc3)C2=O)c1. The molecule has 12 heteroatoms. The van der Waals surface area contributed by atoms with Crippen LogP contribution in [0.25, 0.3) is 6.08 Å². The third kappa shape index (κ3) is 5.38. The van der Waals surface area contributed by atoms with Crippen molar-refractivity contribution in [2.24, 2.45) is 0 Å². The molecule has 0 radical (unpaired) electrons. The van der Waals surface area contributed by atoms with E-state index in [0.717, 1.165) is 22.1 Å². The van der Waals surface area contributed by atoms with E-state index in [1.807, 2.05) is 6.07 Å². The molecule has 38 heavy (non-hydrogen) atoms. The number of nitro groups is 1. The number of hydrogen-bond donors (Lipinski definition) is 1. The average molecular weight is 525 g/mol. The van der Waals surface area contributed by atoms with Crippen molar-refractivity contribution in [1.29, 1.82) is 0 Å². The predicted molar refractivity (Wildman–Crippen MR) is 130 cm³/mol. The molecule has 0 unspecified atom stereocenters. The number of amides is 4. The molecular formula is C26H18F3N3O6. The second-order valence-corrected chi connectivity index (χ2v) is 8.41. The third-order valence-electron chi connectivity index (χ3n) is 5.47. The number of ether oxygens (including phenoxy) is 1. The highest BCUT2D eigenvalue weighted by atomic mass is 19.4. The molecule has 1 aliphatic heterocycles. The van der Waals surface area contributed by atoms with Crippen LogP contribution in [0.2, 0.25) is 0 Å². The number of urea groups is 1. The fourth-order valence-corrected chi connectivity index (χ4v) is 3.82. The Bertz CT molecular complexity index is 1490. The van der Waals surface area contributed by atoms with Crippen LogP contribution in [0.4, 0.5) is 29.3 Å². The molecule has 4 amide bonds. The summed E-state index contributed by atoms with van der Waals surface area (Å²) in [5.41, 5.74) is -0.0960. The van der Waals surface area contributed by atoms with Crippen LogP contribution in [0.3, 0.4) is 0 Å². The molecule has 4 rings (SSSR count). The molecule has 9 nitrogen and oxygen atoms in total. The zero-order chi connectivity index (χ0) is 27.8. The summed E-state index contributed by atoms with van der Waals surface area (Å²) in [7, 11) is 0. The number of rotatable bonds is 5. The number of carbonyl (C=O) groups is 3. The van der Waals surface area contributed by atoms with Crippen molar-refractivity contribution in [3.8, 4) is 11.5 Å². The average Bonchev–Trinajstić information content (AvgIpc) is 2.81. The summed E-state index contributed by atoms with van der Waals surface area (Å²) in [4.78, 5) is 49.1. The molecule has 3 aromatic rings. The van der Waals surface area contributed by atoms with Gasteiger partial charge in [-0.05, 0) is 73.0 Å². The fraction of sp³-hybridized carbons (Fsp3) is 0.115. The number of benzene rings is 3. The number of imide groups is 2. The van der Waals surface area contributed by atoms with Gasteiger partial charge in [0.15, 0.2) is 0 Å². The zero-order valence-corrected chi connectivity index (χ0v) is 19.8. The number of hydrogen-bond acceptors (Lipinski definition) is 6. The summed E-state index contributed by atoms with van der Waals surface area (Å²) >= 11 is 0.